The van der Waals surface area contributed by atoms with Crippen LogP contribution in [0.5, 0.6) is 0 Å². The van der Waals surface area contributed by atoms with Gasteiger partial charge in [-0.3, -0.25) is 0 Å². The summed E-state index contributed by atoms with van der Waals surface area (Å²) in [6, 6.07) is 0.0189. The van der Waals surface area contributed by atoms with Gasteiger partial charge in [0.1, 0.15) is 0 Å². The highest BCUT2D eigenvalue weighted by Crippen LogP contribution is 2.37. The molecule has 0 heterocycles. The smallest absolute Gasteiger partial charge is 0.309 e. The van der Waals surface area contributed by atoms with Crippen LogP contribution >= 0.6 is 0 Å². The van der Waals surface area contributed by atoms with Gasteiger partial charge in [-0.15, -0.1) is 0 Å². The molecule has 15 heavy (non-hydrogen) atoms. The molecule has 1 rings (SSSR count). The fraction of sp³-hybridized carbons (Fsp3) is 1.00. The monoisotopic (exact) mass is 223 g/mol. The first-order valence-electron chi connectivity index (χ1n) is 5.53. The maximum Gasteiger partial charge on any atom is 0.391 e. The van der Waals surface area contributed by atoms with E-state index in [0.29, 0.717) is 12.8 Å². The highest BCUT2D eigenvalue weighted by Gasteiger charge is 2.42. The molecule has 0 spiro atoms. The Balaban J connectivity index is 2.50. The van der Waals surface area contributed by atoms with Crippen LogP contribution in [0.2, 0.25) is 0 Å². The van der Waals surface area contributed by atoms with Crippen LogP contribution in [0.15, 0.2) is 0 Å². The molecule has 0 aromatic heterocycles. The molecule has 90 valence electrons. The van der Waals surface area contributed by atoms with Crippen LogP contribution in [0.4, 0.5) is 13.2 Å². The van der Waals surface area contributed by atoms with Gasteiger partial charge in [-0.25, -0.2) is 0 Å². The van der Waals surface area contributed by atoms with E-state index in [2.05, 4.69) is 5.32 Å². The lowest BCUT2D eigenvalue weighted by atomic mass is 9.84. The summed E-state index contributed by atoms with van der Waals surface area (Å²) in [5.41, 5.74) is -0.0991. The van der Waals surface area contributed by atoms with Crippen LogP contribution < -0.4 is 5.32 Å². The minimum atomic E-state index is -4.02. The van der Waals surface area contributed by atoms with Crippen LogP contribution in [0.25, 0.3) is 0 Å². The zero-order valence-electron chi connectivity index (χ0n) is 9.62. The summed E-state index contributed by atoms with van der Waals surface area (Å²) in [6.45, 7) is 5.97. The minimum Gasteiger partial charge on any atom is -0.309 e. The molecule has 1 aliphatic carbocycles. The van der Waals surface area contributed by atoms with Crippen molar-refractivity contribution < 1.29 is 13.2 Å². The van der Waals surface area contributed by atoms with Crippen LogP contribution in [-0.4, -0.2) is 17.8 Å². The Bertz CT molecular complexity index is 205. The van der Waals surface area contributed by atoms with Gasteiger partial charge in [0.2, 0.25) is 0 Å². The van der Waals surface area contributed by atoms with E-state index >= 15 is 0 Å². The van der Waals surface area contributed by atoms with Crippen molar-refractivity contribution >= 4 is 0 Å². The topological polar surface area (TPSA) is 12.0 Å². The predicted octanol–water partition coefficient (Wildman–Crippen LogP) is 3.50. The summed E-state index contributed by atoms with van der Waals surface area (Å²) in [5, 5.41) is 3.26. The Kier molecular flexibility index (Phi) is 3.69. The van der Waals surface area contributed by atoms with Gasteiger partial charge in [-0.05, 0) is 40.0 Å². The van der Waals surface area contributed by atoms with Gasteiger partial charge < -0.3 is 5.32 Å². The summed E-state index contributed by atoms with van der Waals surface area (Å²) in [7, 11) is 0. The fourth-order valence-electron chi connectivity index (χ4n) is 2.23. The number of hydrogen-bond acceptors (Lipinski definition) is 1. The van der Waals surface area contributed by atoms with E-state index < -0.39 is 12.1 Å². The molecule has 0 aromatic carbocycles. The number of halogens is 3. The lowest BCUT2D eigenvalue weighted by Crippen LogP contribution is -2.47. The van der Waals surface area contributed by atoms with Crippen molar-refractivity contribution in [3.63, 3.8) is 0 Å². The van der Waals surface area contributed by atoms with Crippen molar-refractivity contribution in [3.8, 4) is 0 Å². The standard InChI is InChI=1S/C11H20F3N/c1-10(2,3)15-9-6-4-5-8(7-9)11(12,13)14/h8-9,15H,4-7H2,1-3H3. The summed E-state index contributed by atoms with van der Waals surface area (Å²) in [6.07, 6.45) is -1.94. The third-order valence-corrected chi connectivity index (χ3v) is 2.77. The molecule has 0 amide bonds. The van der Waals surface area contributed by atoms with Crippen molar-refractivity contribution in [2.45, 2.75) is 64.2 Å². The molecule has 0 aromatic rings. The second kappa shape index (κ2) is 4.32. The molecule has 1 nitrogen and oxygen atoms in total. The van der Waals surface area contributed by atoms with Gasteiger partial charge in [0, 0.05) is 11.6 Å². The zero-order chi connectivity index (χ0) is 11.7. The van der Waals surface area contributed by atoms with E-state index in [1.165, 1.54) is 0 Å². The molecule has 1 fully saturated rings. The van der Waals surface area contributed by atoms with E-state index in [-0.39, 0.29) is 18.0 Å². The highest BCUT2D eigenvalue weighted by molar-refractivity contribution is 4.85. The lowest BCUT2D eigenvalue weighted by Gasteiger charge is -2.35. The average Bonchev–Trinajstić information content (AvgIpc) is 1.99. The van der Waals surface area contributed by atoms with Crippen LogP contribution in [-0.2, 0) is 0 Å². The van der Waals surface area contributed by atoms with E-state index in [9.17, 15) is 13.2 Å². The third kappa shape index (κ3) is 4.41. The van der Waals surface area contributed by atoms with Crippen LogP contribution in [0.1, 0.15) is 46.5 Å². The second-order valence-corrected chi connectivity index (χ2v) is 5.50. The molecule has 2 atom stereocenters. The molecule has 1 aliphatic rings. The maximum atomic E-state index is 12.5. The van der Waals surface area contributed by atoms with E-state index in [1.54, 1.807) is 0 Å². The summed E-state index contributed by atoms with van der Waals surface area (Å²) < 4.78 is 37.6. The van der Waals surface area contributed by atoms with Crippen LogP contribution in [0, 0.1) is 5.92 Å². The summed E-state index contributed by atoms with van der Waals surface area (Å²) in [5.74, 6) is -1.11. The molecular weight excluding hydrogens is 203 g/mol. The van der Waals surface area contributed by atoms with E-state index in [0.717, 1.165) is 6.42 Å². The largest absolute Gasteiger partial charge is 0.391 e. The first-order chi connectivity index (χ1) is 6.68. The Labute approximate surface area is 89.4 Å². The predicted molar refractivity (Wildman–Crippen MR) is 54.7 cm³/mol. The molecule has 0 bridgehead atoms. The average molecular weight is 223 g/mol. The Hall–Kier alpha value is -0.250. The first-order valence-corrected chi connectivity index (χ1v) is 5.53. The number of rotatable bonds is 1. The molecule has 2 unspecified atom stereocenters. The summed E-state index contributed by atoms with van der Waals surface area (Å²) >= 11 is 0. The van der Waals surface area contributed by atoms with Crippen molar-refractivity contribution in [3.05, 3.63) is 0 Å². The highest BCUT2D eigenvalue weighted by atomic mass is 19.4. The number of alkyl halides is 3. The SMILES string of the molecule is CC(C)(C)NC1CCCC(C(F)(F)F)C1. The lowest BCUT2D eigenvalue weighted by molar-refractivity contribution is -0.184. The van der Waals surface area contributed by atoms with Gasteiger partial charge >= 0.3 is 6.18 Å². The molecule has 4 heteroatoms. The Morgan fingerprint density at radius 2 is 1.67 bits per heavy atom. The molecule has 0 saturated heterocycles. The van der Waals surface area contributed by atoms with Crippen molar-refractivity contribution in [1.82, 2.24) is 5.32 Å². The summed E-state index contributed by atoms with van der Waals surface area (Å²) in [4.78, 5) is 0. The quantitative estimate of drug-likeness (QED) is 0.717. The van der Waals surface area contributed by atoms with Crippen molar-refractivity contribution in [2.75, 3.05) is 0 Å². The Morgan fingerprint density at radius 1 is 1.07 bits per heavy atom. The van der Waals surface area contributed by atoms with Crippen molar-refractivity contribution in [1.29, 1.82) is 0 Å². The second-order valence-electron chi connectivity index (χ2n) is 5.50. The molecular formula is C11H20F3N. The molecule has 0 radical (unpaired) electrons. The Morgan fingerprint density at radius 3 is 2.13 bits per heavy atom. The molecule has 1 N–H and O–H groups in total. The van der Waals surface area contributed by atoms with E-state index in [1.807, 2.05) is 20.8 Å². The number of hydrogen-bond donors (Lipinski definition) is 1. The van der Waals surface area contributed by atoms with Gasteiger partial charge in [-0.2, -0.15) is 13.2 Å². The number of nitrogens with one attached hydrogen (secondary N) is 1. The van der Waals surface area contributed by atoms with Gasteiger partial charge in [-0.1, -0.05) is 6.42 Å². The van der Waals surface area contributed by atoms with Gasteiger partial charge in [0.15, 0.2) is 0 Å². The van der Waals surface area contributed by atoms with E-state index in [4.69, 9.17) is 0 Å². The van der Waals surface area contributed by atoms with Crippen molar-refractivity contribution in [2.24, 2.45) is 5.92 Å². The fourth-order valence-corrected chi connectivity index (χ4v) is 2.23. The normalized spacial score (nSPS) is 29.2. The third-order valence-electron chi connectivity index (χ3n) is 2.77. The van der Waals surface area contributed by atoms with Crippen LogP contribution in [0.3, 0.4) is 0 Å². The van der Waals surface area contributed by atoms with Gasteiger partial charge in [0.25, 0.3) is 0 Å². The van der Waals surface area contributed by atoms with Gasteiger partial charge in [0.05, 0.1) is 5.92 Å². The zero-order valence-corrected chi connectivity index (χ0v) is 9.62. The molecule has 1 saturated carbocycles. The maximum absolute atomic E-state index is 12.5. The minimum absolute atomic E-state index is 0.0189. The molecule has 0 aliphatic heterocycles. The first kappa shape index (κ1) is 12.8.